The molecule has 1 amide bonds. The van der Waals surface area contributed by atoms with Crippen LogP contribution in [0.4, 0.5) is 0 Å². The van der Waals surface area contributed by atoms with Gasteiger partial charge in [0.1, 0.15) is 5.78 Å². The number of thiophene rings is 1. The molecule has 3 rings (SSSR count). The number of ketones is 2. The molecule has 0 radical (unpaired) electrons. The van der Waals surface area contributed by atoms with Crippen molar-refractivity contribution in [1.82, 2.24) is 15.2 Å². The highest BCUT2D eigenvalue weighted by Gasteiger charge is 2.21. The number of carbonyl (C=O) groups excluding carboxylic acids is 3. The lowest BCUT2D eigenvalue weighted by Gasteiger charge is -2.32. The van der Waals surface area contributed by atoms with Gasteiger partial charge in [0.15, 0.2) is 5.78 Å². The molecule has 0 aliphatic carbocycles. The number of aryl methyl sites for hydroxylation is 1. The predicted octanol–water partition coefficient (Wildman–Crippen LogP) is 3.54. The molecule has 1 saturated heterocycles. The quantitative estimate of drug-likeness (QED) is 0.587. The largest absolute Gasteiger partial charge is 0.353 e. The summed E-state index contributed by atoms with van der Waals surface area (Å²) in [7, 11) is 0. The molecule has 2 aromatic heterocycles. The topological polar surface area (TPSA) is 79.4 Å². The lowest BCUT2D eigenvalue weighted by molar-refractivity contribution is -0.126. The zero-order valence-corrected chi connectivity index (χ0v) is 18.2. The number of nitrogens with one attached hydrogen (secondary N) is 1. The molecule has 2 aromatic rings. The number of rotatable bonds is 10. The van der Waals surface area contributed by atoms with Gasteiger partial charge in [0.25, 0.3) is 0 Å². The van der Waals surface area contributed by atoms with Crippen molar-refractivity contribution < 1.29 is 14.4 Å². The lowest BCUT2D eigenvalue weighted by Crippen LogP contribution is -2.44. The van der Waals surface area contributed by atoms with Crippen molar-refractivity contribution >= 4 is 28.8 Å². The van der Waals surface area contributed by atoms with Crippen molar-refractivity contribution in [1.29, 1.82) is 0 Å². The lowest BCUT2D eigenvalue weighted by atomic mass is 10.0. The molecule has 0 atom stereocenters. The maximum absolute atomic E-state index is 12.2. The molecule has 3 heterocycles. The number of Topliss-reactive ketones (excluding diaryl/α,β-unsaturated/α-hetero) is 2. The maximum Gasteiger partial charge on any atom is 0.220 e. The van der Waals surface area contributed by atoms with E-state index in [-0.39, 0.29) is 49.2 Å². The Balaban J connectivity index is 1.29. The van der Waals surface area contributed by atoms with Gasteiger partial charge in [0.05, 0.1) is 10.6 Å². The number of aromatic nitrogens is 1. The van der Waals surface area contributed by atoms with E-state index in [9.17, 15) is 14.4 Å². The summed E-state index contributed by atoms with van der Waals surface area (Å²) < 4.78 is 0. The number of nitrogens with zero attached hydrogens (tertiary/aromatic N) is 2. The van der Waals surface area contributed by atoms with Crippen molar-refractivity contribution in [2.45, 2.75) is 58.0 Å². The van der Waals surface area contributed by atoms with Crippen LogP contribution in [0.1, 0.15) is 58.8 Å². The normalized spacial score (nSPS) is 15.1. The first-order valence-electron chi connectivity index (χ1n) is 10.5. The van der Waals surface area contributed by atoms with Crippen LogP contribution < -0.4 is 5.32 Å². The third kappa shape index (κ3) is 7.15. The van der Waals surface area contributed by atoms with Crippen molar-refractivity contribution in [3.63, 3.8) is 0 Å². The number of likely N-dealkylation sites (tertiary alicyclic amines) is 1. The van der Waals surface area contributed by atoms with Gasteiger partial charge in [-0.05, 0) is 44.0 Å². The van der Waals surface area contributed by atoms with Gasteiger partial charge in [-0.25, -0.2) is 0 Å². The van der Waals surface area contributed by atoms with Crippen LogP contribution in [0.5, 0.6) is 0 Å². The van der Waals surface area contributed by atoms with E-state index in [0.717, 1.165) is 43.0 Å². The highest BCUT2D eigenvalue weighted by atomic mass is 32.1. The number of hydrogen-bond donors (Lipinski definition) is 1. The van der Waals surface area contributed by atoms with Crippen LogP contribution in [0.2, 0.25) is 0 Å². The fourth-order valence-corrected chi connectivity index (χ4v) is 4.43. The Kier molecular flexibility index (Phi) is 8.28. The maximum atomic E-state index is 12.2. The van der Waals surface area contributed by atoms with Gasteiger partial charge < -0.3 is 5.32 Å². The van der Waals surface area contributed by atoms with Crippen LogP contribution in [0.15, 0.2) is 36.5 Å². The van der Waals surface area contributed by atoms with Gasteiger partial charge in [-0.1, -0.05) is 6.07 Å². The summed E-state index contributed by atoms with van der Waals surface area (Å²) in [4.78, 5) is 44.8. The van der Waals surface area contributed by atoms with Crippen LogP contribution in [0, 0.1) is 6.92 Å². The molecular formula is C23H29N3O3S. The summed E-state index contributed by atoms with van der Waals surface area (Å²) >= 11 is 1.45. The van der Waals surface area contributed by atoms with E-state index in [1.165, 1.54) is 11.3 Å². The molecule has 0 aromatic carbocycles. The van der Waals surface area contributed by atoms with Gasteiger partial charge in [-0.15, -0.1) is 11.3 Å². The summed E-state index contributed by atoms with van der Waals surface area (Å²) in [6, 6.07) is 9.82. The Morgan fingerprint density at radius 3 is 2.50 bits per heavy atom. The summed E-state index contributed by atoms with van der Waals surface area (Å²) in [6.07, 6.45) is 4.43. The standard InChI is InChI=1S/C23H29N3O3S/c1-17-5-9-22(30-17)21(28)8-6-20(27)7-10-23(29)25-18-11-14-26(15-12-18)16-19-4-2-3-13-24-19/h2-5,9,13,18H,6-8,10-12,14-16H2,1H3,(H,25,29). The van der Waals surface area contributed by atoms with Gasteiger partial charge in [-0.2, -0.15) is 0 Å². The fraction of sp³-hybridized carbons (Fsp3) is 0.478. The minimum absolute atomic E-state index is 0.00311. The molecule has 0 saturated carbocycles. The van der Waals surface area contributed by atoms with Gasteiger partial charge in [0.2, 0.25) is 5.91 Å². The third-order valence-corrected chi connectivity index (χ3v) is 6.38. The average Bonchev–Trinajstić information content (AvgIpc) is 3.19. The number of hydrogen-bond acceptors (Lipinski definition) is 6. The van der Waals surface area contributed by atoms with Gasteiger partial charge in [-0.3, -0.25) is 24.3 Å². The van der Waals surface area contributed by atoms with Gasteiger partial charge in [0, 0.05) is 62.4 Å². The van der Waals surface area contributed by atoms with Gasteiger partial charge >= 0.3 is 0 Å². The van der Waals surface area contributed by atoms with Crippen LogP contribution >= 0.6 is 11.3 Å². The number of pyridine rings is 1. The Labute approximate surface area is 181 Å². The van der Waals surface area contributed by atoms with Crippen LogP contribution in [-0.2, 0) is 16.1 Å². The number of amides is 1. The minimum atomic E-state index is -0.0771. The first-order chi connectivity index (χ1) is 14.5. The second kappa shape index (κ2) is 11.1. The van der Waals surface area contributed by atoms with Crippen LogP contribution in [-0.4, -0.2) is 46.5 Å². The van der Waals surface area contributed by atoms with E-state index >= 15 is 0 Å². The molecule has 1 aliphatic heterocycles. The average molecular weight is 428 g/mol. The van der Waals surface area contributed by atoms with E-state index in [4.69, 9.17) is 0 Å². The SMILES string of the molecule is Cc1ccc(C(=O)CCC(=O)CCC(=O)NC2CCN(Cc3ccccn3)CC2)s1. The molecule has 0 bridgehead atoms. The van der Waals surface area contributed by atoms with Crippen molar-refractivity contribution in [3.8, 4) is 0 Å². The molecule has 1 N–H and O–H groups in total. The molecule has 160 valence electrons. The van der Waals surface area contributed by atoms with E-state index in [2.05, 4.69) is 15.2 Å². The highest BCUT2D eigenvalue weighted by Crippen LogP contribution is 2.18. The molecular weight excluding hydrogens is 398 g/mol. The van der Waals surface area contributed by atoms with Crippen molar-refractivity contribution in [2.75, 3.05) is 13.1 Å². The zero-order chi connectivity index (χ0) is 21.3. The van der Waals surface area contributed by atoms with E-state index < -0.39 is 0 Å². The molecule has 1 aliphatic rings. The summed E-state index contributed by atoms with van der Waals surface area (Å²) in [5.41, 5.74) is 1.06. The molecule has 30 heavy (non-hydrogen) atoms. The molecule has 0 spiro atoms. The smallest absolute Gasteiger partial charge is 0.220 e. The first kappa shape index (κ1) is 22.3. The van der Waals surface area contributed by atoms with Crippen LogP contribution in [0.3, 0.4) is 0 Å². The number of piperidine rings is 1. The second-order valence-corrected chi connectivity index (χ2v) is 9.10. The second-order valence-electron chi connectivity index (χ2n) is 7.81. The highest BCUT2D eigenvalue weighted by molar-refractivity contribution is 7.14. The predicted molar refractivity (Wildman–Crippen MR) is 118 cm³/mol. The van der Waals surface area contributed by atoms with Crippen molar-refractivity contribution in [2.24, 2.45) is 0 Å². The summed E-state index contributed by atoms with van der Waals surface area (Å²) in [5, 5.41) is 3.05. The Morgan fingerprint density at radius 1 is 1.07 bits per heavy atom. The van der Waals surface area contributed by atoms with Crippen molar-refractivity contribution in [3.05, 3.63) is 52.0 Å². The Hall–Kier alpha value is -2.38. The molecule has 7 heteroatoms. The van der Waals surface area contributed by atoms with E-state index in [1.54, 1.807) is 0 Å². The summed E-state index contributed by atoms with van der Waals surface area (Å²) in [5.74, 6) is -0.105. The fourth-order valence-electron chi connectivity index (χ4n) is 3.59. The Bertz CT molecular complexity index is 858. The molecule has 0 unspecified atom stereocenters. The monoisotopic (exact) mass is 427 g/mol. The third-order valence-electron chi connectivity index (χ3n) is 5.34. The summed E-state index contributed by atoms with van der Waals surface area (Å²) in [6.45, 7) is 4.63. The van der Waals surface area contributed by atoms with E-state index in [1.807, 2.05) is 43.5 Å². The first-order valence-corrected chi connectivity index (χ1v) is 11.3. The number of carbonyl (C=O) groups is 3. The van der Waals surface area contributed by atoms with Crippen LogP contribution in [0.25, 0.3) is 0 Å². The zero-order valence-electron chi connectivity index (χ0n) is 17.4. The minimum Gasteiger partial charge on any atom is -0.353 e. The Morgan fingerprint density at radius 2 is 1.83 bits per heavy atom. The molecule has 6 nitrogen and oxygen atoms in total. The molecule has 1 fully saturated rings. The van der Waals surface area contributed by atoms with E-state index in [0.29, 0.717) is 4.88 Å².